The molecule has 1 atom stereocenters. The number of hydrogen-bond donors (Lipinski definition) is 3. The second-order valence-corrected chi connectivity index (χ2v) is 6.63. The van der Waals surface area contributed by atoms with E-state index in [-0.39, 0.29) is 29.3 Å². The molecule has 0 bridgehead atoms. The minimum absolute atomic E-state index is 0.00501. The van der Waals surface area contributed by atoms with E-state index in [2.05, 4.69) is 15.3 Å². The second kappa shape index (κ2) is 8.74. The minimum atomic E-state index is -0.723. The Morgan fingerprint density at radius 1 is 1.28 bits per heavy atom. The quantitative estimate of drug-likeness (QED) is 0.528. The van der Waals surface area contributed by atoms with Crippen molar-refractivity contribution in [2.75, 3.05) is 6.54 Å². The molecular formula is C21H20FN3O4. The highest BCUT2D eigenvalue weighted by Gasteiger charge is 2.20. The van der Waals surface area contributed by atoms with Crippen molar-refractivity contribution in [2.24, 2.45) is 0 Å². The predicted molar refractivity (Wildman–Crippen MR) is 104 cm³/mol. The molecule has 3 aromatic rings. The van der Waals surface area contributed by atoms with E-state index in [9.17, 15) is 24.2 Å². The number of aromatic nitrogens is 2. The molecule has 0 aliphatic heterocycles. The van der Waals surface area contributed by atoms with Gasteiger partial charge in [-0.1, -0.05) is 19.1 Å². The number of nitrogens with one attached hydrogen (secondary N) is 1. The van der Waals surface area contributed by atoms with Gasteiger partial charge in [0.2, 0.25) is 0 Å². The molecule has 0 fully saturated rings. The molecule has 0 aliphatic carbocycles. The van der Waals surface area contributed by atoms with Gasteiger partial charge < -0.3 is 15.5 Å². The molecule has 0 radical (unpaired) electrons. The monoisotopic (exact) mass is 397 g/mol. The number of aromatic hydroxyl groups is 1. The SMILES string of the molecule is CCC(O)CNC(=O)c1nc(C=O)c2cc(Cc3ccc(F)cc3)cnc2c1O. The van der Waals surface area contributed by atoms with Crippen LogP contribution in [0, 0.1) is 5.82 Å². The van der Waals surface area contributed by atoms with Crippen LogP contribution in [0.5, 0.6) is 5.75 Å². The second-order valence-electron chi connectivity index (χ2n) is 6.63. The Hall–Kier alpha value is -3.39. The van der Waals surface area contributed by atoms with Gasteiger partial charge in [-0.3, -0.25) is 14.6 Å². The van der Waals surface area contributed by atoms with Crippen LogP contribution < -0.4 is 5.32 Å². The zero-order chi connectivity index (χ0) is 21.0. The van der Waals surface area contributed by atoms with Crippen molar-refractivity contribution < 1.29 is 24.2 Å². The van der Waals surface area contributed by atoms with E-state index < -0.39 is 17.8 Å². The molecule has 3 rings (SSSR count). The summed E-state index contributed by atoms with van der Waals surface area (Å²) in [5, 5.41) is 22.8. The molecule has 3 N–H and O–H groups in total. The zero-order valence-corrected chi connectivity index (χ0v) is 15.7. The number of hydrogen-bond acceptors (Lipinski definition) is 6. The number of fused-ring (bicyclic) bond motifs is 1. The van der Waals surface area contributed by atoms with Crippen molar-refractivity contribution in [2.45, 2.75) is 25.9 Å². The Balaban J connectivity index is 1.95. The van der Waals surface area contributed by atoms with Crippen LogP contribution in [-0.4, -0.2) is 45.0 Å². The first-order chi connectivity index (χ1) is 13.9. The fourth-order valence-corrected chi connectivity index (χ4v) is 2.86. The first-order valence-electron chi connectivity index (χ1n) is 9.10. The number of benzene rings is 1. The fraction of sp³-hybridized carbons (Fsp3) is 0.238. The number of aldehydes is 1. The van der Waals surface area contributed by atoms with Gasteiger partial charge in [0.05, 0.1) is 6.10 Å². The van der Waals surface area contributed by atoms with E-state index in [1.165, 1.54) is 18.3 Å². The Morgan fingerprint density at radius 2 is 2.00 bits per heavy atom. The molecule has 29 heavy (non-hydrogen) atoms. The lowest BCUT2D eigenvalue weighted by atomic mass is 10.0. The Labute approximate surface area is 166 Å². The molecule has 0 aliphatic rings. The average molecular weight is 397 g/mol. The Kier molecular flexibility index (Phi) is 6.13. The van der Waals surface area contributed by atoms with E-state index in [4.69, 9.17) is 0 Å². The summed E-state index contributed by atoms with van der Waals surface area (Å²) in [6.07, 6.45) is 2.18. The van der Waals surface area contributed by atoms with Crippen molar-refractivity contribution in [1.29, 1.82) is 0 Å². The van der Waals surface area contributed by atoms with Crippen LogP contribution in [0.1, 0.15) is 45.4 Å². The van der Waals surface area contributed by atoms with Crippen LogP contribution >= 0.6 is 0 Å². The van der Waals surface area contributed by atoms with Crippen LogP contribution in [0.3, 0.4) is 0 Å². The van der Waals surface area contributed by atoms with E-state index in [1.807, 2.05) is 0 Å². The summed E-state index contributed by atoms with van der Waals surface area (Å²) < 4.78 is 13.1. The summed E-state index contributed by atoms with van der Waals surface area (Å²) in [5.74, 6) is -1.49. The minimum Gasteiger partial charge on any atom is -0.504 e. The summed E-state index contributed by atoms with van der Waals surface area (Å²) in [4.78, 5) is 32.0. The normalized spacial score (nSPS) is 12.0. The summed E-state index contributed by atoms with van der Waals surface area (Å²) in [6, 6.07) is 7.66. The number of pyridine rings is 2. The summed E-state index contributed by atoms with van der Waals surface area (Å²) in [7, 11) is 0. The summed E-state index contributed by atoms with van der Waals surface area (Å²) in [5.41, 5.74) is 1.29. The van der Waals surface area contributed by atoms with E-state index >= 15 is 0 Å². The van der Waals surface area contributed by atoms with Crippen LogP contribution in [0.15, 0.2) is 36.5 Å². The first kappa shape index (κ1) is 20.3. The van der Waals surface area contributed by atoms with E-state index in [1.54, 1.807) is 25.1 Å². The fourth-order valence-electron chi connectivity index (χ4n) is 2.86. The van der Waals surface area contributed by atoms with Gasteiger partial charge in [-0.05, 0) is 42.2 Å². The Morgan fingerprint density at radius 3 is 2.66 bits per heavy atom. The molecule has 8 heteroatoms. The summed E-state index contributed by atoms with van der Waals surface area (Å²) >= 11 is 0. The number of nitrogens with zero attached hydrogens (tertiary/aromatic N) is 2. The van der Waals surface area contributed by atoms with Gasteiger partial charge in [-0.25, -0.2) is 9.37 Å². The molecule has 1 amide bonds. The topological polar surface area (TPSA) is 112 Å². The predicted octanol–water partition coefficient (Wildman–Crippen LogP) is 2.38. The lowest BCUT2D eigenvalue weighted by Crippen LogP contribution is -2.32. The molecule has 0 saturated heterocycles. The number of rotatable bonds is 7. The van der Waals surface area contributed by atoms with Crippen molar-refractivity contribution in [1.82, 2.24) is 15.3 Å². The smallest absolute Gasteiger partial charge is 0.273 e. The molecule has 150 valence electrons. The molecule has 2 heterocycles. The van der Waals surface area contributed by atoms with Crippen LogP contribution in [0.4, 0.5) is 4.39 Å². The van der Waals surface area contributed by atoms with Crippen LogP contribution in [-0.2, 0) is 6.42 Å². The molecule has 0 spiro atoms. The van der Waals surface area contributed by atoms with E-state index in [0.29, 0.717) is 24.5 Å². The largest absolute Gasteiger partial charge is 0.504 e. The number of carbonyl (C=O) groups is 2. The highest BCUT2D eigenvalue weighted by molar-refractivity contribution is 6.05. The van der Waals surface area contributed by atoms with Gasteiger partial charge in [0, 0.05) is 18.1 Å². The van der Waals surface area contributed by atoms with Crippen LogP contribution in [0.25, 0.3) is 10.9 Å². The third-order valence-corrected chi connectivity index (χ3v) is 4.52. The molecule has 2 aromatic heterocycles. The third kappa shape index (κ3) is 4.55. The number of aliphatic hydroxyl groups is 1. The van der Waals surface area contributed by atoms with Gasteiger partial charge in [0.15, 0.2) is 17.7 Å². The van der Waals surface area contributed by atoms with Gasteiger partial charge in [-0.15, -0.1) is 0 Å². The number of aliphatic hydroxyl groups excluding tert-OH is 1. The van der Waals surface area contributed by atoms with E-state index in [0.717, 1.165) is 11.1 Å². The molecule has 7 nitrogen and oxygen atoms in total. The number of amides is 1. The molecule has 1 aromatic carbocycles. The van der Waals surface area contributed by atoms with Crippen molar-refractivity contribution in [3.63, 3.8) is 0 Å². The van der Waals surface area contributed by atoms with Crippen molar-refractivity contribution in [3.05, 3.63) is 64.9 Å². The highest BCUT2D eigenvalue weighted by Crippen LogP contribution is 2.28. The Bertz CT molecular complexity index is 1050. The molecule has 0 saturated carbocycles. The lowest BCUT2D eigenvalue weighted by molar-refractivity contribution is 0.0906. The highest BCUT2D eigenvalue weighted by atomic mass is 19.1. The van der Waals surface area contributed by atoms with Crippen LogP contribution in [0.2, 0.25) is 0 Å². The standard InChI is InChI=1S/C21H20FN3O4/c1-2-15(27)10-24-21(29)19-20(28)18-16(17(11-26)25-19)8-13(9-23-18)7-12-3-5-14(22)6-4-12/h3-6,8-9,11,15,27-28H,2,7,10H2,1H3,(H,24,29). The van der Waals surface area contributed by atoms with Gasteiger partial charge in [-0.2, -0.15) is 0 Å². The zero-order valence-electron chi connectivity index (χ0n) is 15.7. The molecular weight excluding hydrogens is 377 g/mol. The maximum atomic E-state index is 13.1. The van der Waals surface area contributed by atoms with Crippen molar-refractivity contribution in [3.8, 4) is 5.75 Å². The third-order valence-electron chi connectivity index (χ3n) is 4.52. The first-order valence-corrected chi connectivity index (χ1v) is 9.10. The van der Waals surface area contributed by atoms with Gasteiger partial charge in [0.1, 0.15) is 17.0 Å². The van der Waals surface area contributed by atoms with Gasteiger partial charge >= 0.3 is 0 Å². The maximum absolute atomic E-state index is 13.1. The lowest BCUT2D eigenvalue weighted by Gasteiger charge is -2.12. The number of carbonyl (C=O) groups excluding carboxylic acids is 2. The summed E-state index contributed by atoms with van der Waals surface area (Å²) in [6.45, 7) is 1.76. The average Bonchev–Trinajstić information content (AvgIpc) is 2.73. The molecule has 1 unspecified atom stereocenters. The number of halogens is 1. The van der Waals surface area contributed by atoms with Crippen molar-refractivity contribution >= 4 is 23.1 Å². The van der Waals surface area contributed by atoms with Gasteiger partial charge in [0.25, 0.3) is 5.91 Å². The maximum Gasteiger partial charge on any atom is 0.273 e.